The van der Waals surface area contributed by atoms with Crippen LogP contribution in [-0.2, 0) is 11.2 Å². The van der Waals surface area contributed by atoms with Gasteiger partial charge in [-0.3, -0.25) is 4.98 Å². The summed E-state index contributed by atoms with van der Waals surface area (Å²) >= 11 is 0. The van der Waals surface area contributed by atoms with Crippen molar-refractivity contribution < 1.29 is 19.0 Å². The topological polar surface area (TPSA) is 59.4 Å². The van der Waals surface area contributed by atoms with Crippen LogP contribution in [0.5, 0.6) is 5.75 Å². The zero-order chi connectivity index (χ0) is 20.9. The summed E-state index contributed by atoms with van der Waals surface area (Å²) in [6, 6.07) is 7.70. The van der Waals surface area contributed by atoms with Crippen LogP contribution in [0.4, 0.5) is 4.39 Å². The molecule has 4 nitrogen and oxygen atoms in total. The number of benzene rings is 1. The Balaban J connectivity index is 1.40. The number of hydrogen-bond donors (Lipinski definition) is 1. The molecule has 30 heavy (non-hydrogen) atoms. The molecule has 1 N–H and O–H groups in total. The first kappa shape index (κ1) is 19.3. The number of pyridine rings is 1. The molecule has 1 heterocycles. The Bertz CT molecular complexity index is 1030. The smallest absolute Gasteiger partial charge is 0.341 e. The lowest BCUT2D eigenvalue weighted by atomic mass is 9.54. The van der Waals surface area contributed by atoms with Gasteiger partial charge in [0, 0.05) is 6.20 Å². The number of carboxylic acid groups (broad SMARTS) is 1. The van der Waals surface area contributed by atoms with Crippen LogP contribution in [0.3, 0.4) is 0 Å². The van der Waals surface area contributed by atoms with E-state index in [2.05, 4.69) is 24.1 Å². The van der Waals surface area contributed by atoms with Gasteiger partial charge in [0.15, 0.2) is 6.61 Å². The Hall–Kier alpha value is -2.69. The number of carboxylic acids is 1. The largest absolute Gasteiger partial charge is 0.482 e. The van der Waals surface area contributed by atoms with E-state index in [1.165, 1.54) is 22.9 Å². The van der Waals surface area contributed by atoms with Gasteiger partial charge >= 0.3 is 5.97 Å². The molecule has 0 aliphatic heterocycles. The average molecular weight is 407 g/mol. The van der Waals surface area contributed by atoms with Crippen LogP contribution in [-0.4, -0.2) is 22.7 Å². The molecule has 1 saturated carbocycles. The second-order valence-electron chi connectivity index (χ2n) is 9.16. The summed E-state index contributed by atoms with van der Waals surface area (Å²) in [4.78, 5) is 14.9. The molecule has 1 fully saturated rings. The van der Waals surface area contributed by atoms with Crippen LogP contribution in [0.2, 0.25) is 0 Å². The first-order valence-electron chi connectivity index (χ1n) is 10.7. The minimum Gasteiger partial charge on any atom is -0.482 e. The Labute approximate surface area is 175 Å². The fourth-order valence-corrected chi connectivity index (χ4v) is 6.37. The number of ether oxygens (including phenoxy) is 1. The van der Waals surface area contributed by atoms with Crippen molar-refractivity contribution in [1.29, 1.82) is 0 Å². The number of hydrogen-bond acceptors (Lipinski definition) is 3. The predicted molar refractivity (Wildman–Crippen MR) is 112 cm³/mol. The van der Waals surface area contributed by atoms with Crippen molar-refractivity contribution in [3.63, 3.8) is 0 Å². The number of aliphatic carboxylic acids is 1. The lowest BCUT2D eigenvalue weighted by molar-refractivity contribution is -0.139. The molecule has 2 aromatic rings. The highest BCUT2D eigenvalue weighted by Crippen LogP contribution is 2.63. The molecule has 4 unspecified atom stereocenters. The van der Waals surface area contributed by atoms with Crippen molar-refractivity contribution in [2.75, 3.05) is 6.61 Å². The van der Waals surface area contributed by atoms with E-state index in [4.69, 9.17) is 9.84 Å². The van der Waals surface area contributed by atoms with Gasteiger partial charge in [0.25, 0.3) is 0 Å². The van der Waals surface area contributed by atoms with Crippen LogP contribution >= 0.6 is 0 Å². The van der Waals surface area contributed by atoms with E-state index in [-0.39, 0.29) is 17.8 Å². The fraction of sp³-hybridized carbons (Fsp3) is 0.440. The van der Waals surface area contributed by atoms with Gasteiger partial charge in [-0.1, -0.05) is 19.1 Å². The molecule has 0 radical (unpaired) electrons. The van der Waals surface area contributed by atoms with E-state index in [0.29, 0.717) is 23.5 Å². The summed E-state index contributed by atoms with van der Waals surface area (Å²) in [5.41, 5.74) is 4.95. The lowest BCUT2D eigenvalue weighted by Crippen LogP contribution is -2.40. The normalized spacial score (nSPS) is 29.4. The Morgan fingerprint density at radius 3 is 2.97 bits per heavy atom. The van der Waals surface area contributed by atoms with Gasteiger partial charge in [0.05, 0.1) is 6.20 Å². The maximum absolute atomic E-state index is 13.8. The third-order valence-electron chi connectivity index (χ3n) is 7.66. The monoisotopic (exact) mass is 407 g/mol. The summed E-state index contributed by atoms with van der Waals surface area (Å²) in [5.74, 6) is 1.10. The molecule has 0 amide bonds. The first-order chi connectivity index (χ1) is 14.5. The zero-order valence-electron chi connectivity index (χ0n) is 17.1. The number of fused-ring (bicyclic) bond motifs is 5. The van der Waals surface area contributed by atoms with Crippen molar-refractivity contribution >= 4 is 11.5 Å². The van der Waals surface area contributed by atoms with Gasteiger partial charge in [-0.2, -0.15) is 0 Å². The van der Waals surface area contributed by atoms with Crippen molar-refractivity contribution in [2.24, 2.45) is 17.3 Å². The molecule has 4 atom stereocenters. The highest BCUT2D eigenvalue weighted by Gasteiger charge is 2.51. The average Bonchev–Trinajstić information content (AvgIpc) is 3.09. The number of rotatable bonds is 4. The van der Waals surface area contributed by atoms with Crippen LogP contribution < -0.4 is 4.74 Å². The molecule has 3 aliphatic carbocycles. The highest BCUT2D eigenvalue weighted by molar-refractivity contribution is 5.72. The number of nitrogens with zero attached hydrogens (tertiary/aromatic N) is 1. The van der Waals surface area contributed by atoms with Gasteiger partial charge in [0.1, 0.15) is 11.6 Å². The third kappa shape index (κ3) is 3.11. The van der Waals surface area contributed by atoms with Gasteiger partial charge in [-0.15, -0.1) is 0 Å². The van der Waals surface area contributed by atoms with Crippen molar-refractivity contribution in [2.45, 2.75) is 44.9 Å². The number of halogens is 1. The lowest BCUT2D eigenvalue weighted by Gasteiger charge is -2.50. The molecule has 5 rings (SSSR count). The molecule has 0 bridgehead atoms. The van der Waals surface area contributed by atoms with Gasteiger partial charge < -0.3 is 9.84 Å². The Morgan fingerprint density at radius 2 is 2.17 bits per heavy atom. The second-order valence-corrected chi connectivity index (χ2v) is 9.16. The van der Waals surface area contributed by atoms with E-state index < -0.39 is 5.97 Å². The SMILES string of the molecule is CC12CCC3c4ccc(OCC(=O)O)cc4CCC3C1CC=C2c1cncc(F)c1. The molecular weight excluding hydrogens is 381 g/mol. The molecular formula is C25H26FNO3. The van der Waals surface area contributed by atoms with E-state index in [0.717, 1.165) is 37.7 Å². The number of allylic oxidation sites excluding steroid dienone is 2. The minimum atomic E-state index is -0.961. The predicted octanol–water partition coefficient (Wildman–Crippen LogP) is 5.23. The Morgan fingerprint density at radius 1 is 1.30 bits per heavy atom. The summed E-state index contributed by atoms with van der Waals surface area (Å²) in [6.45, 7) is 2.05. The van der Waals surface area contributed by atoms with Crippen molar-refractivity contribution in [3.05, 3.63) is 65.2 Å². The maximum Gasteiger partial charge on any atom is 0.341 e. The molecule has 0 saturated heterocycles. The number of carbonyl (C=O) groups is 1. The second kappa shape index (κ2) is 7.22. The van der Waals surface area contributed by atoms with Gasteiger partial charge in [-0.25, -0.2) is 9.18 Å². The molecule has 3 aliphatic rings. The van der Waals surface area contributed by atoms with E-state index in [1.54, 1.807) is 12.3 Å². The van der Waals surface area contributed by atoms with Crippen molar-refractivity contribution in [3.8, 4) is 5.75 Å². The molecule has 5 heteroatoms. The summed E-state index contributed by atoms with van der Waals surface area (Å²) in [7, 11) is 0. The van der Waals surface area contributed by atoms with E-state index in [9.17, 15) is 9.18 Å². The van der Waals surface area contributed by atoms with Crippen LogP contribution in [0.1, 0.15) is 55.2 Å². The van der Waals surface area contributed by atoms with Crippen LogP contribution in [0.25, 0.3) is 5.57 Å². The molecule has 156 valence electrons. The van der Waals surface area contributed by atoms with Gasteiger partial charge in [0.2, 0.25) is 0 Å². The Kier molecular flexibility index (Phi) is 4.64. The quantitative estimate of drug-likeness (QED) is 0.754. The van der Waals surface area contributed by atoms with Crippen LogP contribution in [0, 0.1) is 23.1 Å². The fourth-order valence-electron chi connectivity index (χ4n) is 6.37. The zero-order valence-corrected chi connectivity index (χ0v) is 17.1. The third-order valence-corrected chi connectivity index (χ3v) is 7.66. The number of aromatic nitrogens is 1. The molecule has 0 spiro atoms. The molecule has 1 aromatic carbocycles. The summed E-state index contributed by atoms with van der Waals surface area (Å²) < 4.78 is 19.2. The highest BCUT2D eigenvalue weighted by atomic mass is 19.1. The van der Waals surface area contributed by atoms with E-state index in [1.807, 2.05) is 12.1 Å². The van der Waals surface area contributed by atoms with Crippen molar-refractivity contribution in [1.82, 2.24) is 4.98 Å². The van der Waals surface area contributed by atoms with Gasteiger partial charge in [-0.05, 0) is 95.7 Å². The molecule has 1 aromatic heterocycles. The first-order valence-corrected chi connectivity index (χ1v) is 10.7. The van der Waals surface area contributed by atoms with E-state index >= 15 is 0 Å². The summed E-state index contributed by atoms with van der Waals surface area (Å²) in [6.07, 6.45) is 10.7. The summed E-state index contributed by atoms with van der Waals surface area (Å²) in [5, 5.41) is 8.84. The number of aryl methyl sites for hydroxylation is 1. The maximum atomic E-state index is 13.8. The standard InChI is InChI=1S/C25H26FNO3/c1-25-9-8-20-19-5-3-18(30-14-24(28)29)11-15(19)2-4-21(20)23(25)7-6-22(25)16-10-17(26)13-27-12-16/h3,5-6,10-13,20-21,23H,2,4,7-9,14H2,1H3,(H,28,29). The minimum absolute atomic E-state index is 0.0681. The van der Waals surface area contributed by atoms with Crippen LogP contribution in [0.15, 0.2) is 42.7 Å².